The van der Waals surface area contributed by atoms with Crippen LogP contribution >= 0.6 is 23.5 Å². The van der Waals surface area contributed by atoms with Gasteiger partial charge in [0, 0.05) is 28.2 Å². The molecule has 0 fully saturated rings. The Morgan fingerprint density at radius 1 is 1.09 bits per heavy atom. The van der Waals surface area contributed by atoms with E-state index in [1.807, 2.05) is 13.8 Å². The van der Waals surface area contributed by atoms with Gasteiger partial charge in [-0.15, -0.1) is 0 Å². The molecule has 3 rings (SSSR count). The molecule has 0 saturated heterocycles. The lowest BCUT2D eigenvalue weighted by molar-refractivity contribution is -0.137. The Morgan fingerprint density at radius 3 is 2.44 bits per heavy atom. The second-order valence-corrected chi connectivity index (χ2v) is 11.4. The predicted octanol–water partition coefficient (Wildman–Crippen LogP) is 7.52. The number of nitrogens with zero attached hydrogens (tertiary/aromatic N) is 2. The summed E-state index contributed by atoms with van der Waals surface area (Å²) in [7, 11) is 1.58. The zero-order valence-corrected chi connectivity index (χ0v) is 25.1. The van der Waals surface area contributed by atoms with Gasteiger partial charge in [-0.2, -0.15) is 18.4 Å². The molecule has 3 aromatic rings. The van der Waals surface area contributed by atoms with Crippen LogP contribution in [-0.4, -0.2) is 42.4 Å². The number of alkyl halides is 3. The van der Waals surface area contributed by atoms with Crippen molar-refractivity contribution < 1.29 is 37.0 Å². The Bertz CT molecular complexity index is 1570. The summed E-state index contributed by atoms with van der Waals surface area (Å²) in [4.78, 5) is 38.7. The summed E-state index contributed by atoms with van der Waals surface area (Å²) in [5.74, 6) is -1.33. The molecule has 226 valence electrons. The second-order valence-electron chi connectivity index (χ2n) is 9.75. The number of amides is 2. The van der Waals surface area contributed by atoms with Gasteiger partial charge in [-0.25, -0.2) is 4.79 Å². The van der Waals surface area contributed by atoms with Gasteiger partial charge in [0.15, 0.2) is 12.4 Å². The highest BCUT2D eigenvalue weighted by Crippen LogP contribution is 2.33. The Balaban J connectivity index is 1.70. The van der Waals surface area contributed by atoms with Crippen molar-refractivity contribution >= 4 is 47.0 Å². The third kappa shape index (κ3) is 9.39. The number of benzene rings is 3. The zero-order valence-electron chi connectivity index (χ0n) is 23.5. The standard InChI is InChI=1S/C30H27ClF3N3O5S/c1-17(2)15-42-29(40)37(4)43-23-6-7-25(18(3)9-23)36-27(38)16-41-26-8-5-22(31)13-24(26)28(39)20-10-19(14-35)11-21(12-20)30(32,33)34/h5-13,17H,15-16H2,1-4H3,(H,36,38). The monoisotopic (exact) mass is 633 g/mol. The van der Waals surface area contributed by atoms with Crippen LogP contribution in [0.1, 0.15) is 46.5 Å². The maximum Gasteiger partial charge on any atom is 0.419 e. The van der Waals surface area contributed by atoms with Crippen LogP contribution in [0.5, 0.6) is 5.75 Å². The van der Waals surface area contributed by atoms with E-state index in [1.54, 1.807) is 38.2 Å². The van der Waals surface area contributed by atoms with Crippen LogP contribution in [0.15, 0.2) is 59.5 Å². The molecular formula is C30H27ClF3N3O5S. The maximum absolute atomic E-state index is 13.3. The first-order chi connectivity index (χ1) is 20.2. The summed E-state index contributed by atoms with van der Waals surface area (Å²) in [5, 5.41) is 12.0. The van der Waals surface area contributed by atoms with E-state index >= 15 is 0 Å². The van der Waals surface area contributed by atoms with Crippen LogP contribution in [0.3, 0.4) is 0 Å². The predicted molar refractivity (Wildman–Crippen MR) is 156 cm³/mol. The van der Waals surface area contributed by atoms with E-state index in [0.717, 1.165) is 22.9 Å². The summed E-state index contributed by atoms with van der Waals surface area (Å²) < 4.78 is 52.1. The number of ketones is 1. The zero-order chi connectivity index (χ0) is 31.9. The van der Waals surface area contributed by atoms with Crippen molar-refractivity contribution in [2.24, 2.45) is 5.92 Å². The quantitative estimate of drug-likeness (QED) is 0.182. The molecule has 0 heterocycles. The highest BCUT2D eigenvalue weighted by atomic mass is 35.5. The van der Waals surface area contributed by atoms with Gasteiger partial charge >= 0.3 is 12.3 Å². The maximum atomic E-state index is 13.3. The number of nitriles is 1. The fourth-order valence-corrected chi connectivity index (χ4v) is 4.61. The van der Waals surface area contributed by atoms with Gasteiger partial charge < -0.3 is 14.8 Å². The molecule has 0 aliphatic carbocycles. The van der Waals surface area contributed by atoms with Crippen molar-refractivity contribution in [3.63, 3.8) is 0 Å². The first kappa shape index (κ1) is 33.3. The molecule has 1 N–H and O–H groups in total. The third-order valence-electron chi connectivity index (χ3n) is 5.71. The first-order valence-electron chi connectivity index (χ1n) is 12.8. The molecule has 0 bridgehead atoms. The van der Waals surface area contributed by atoms with E-state index in [1.165, 1.54) is 22.5 Å². The van der Waals surface area contributed by atoms with E-state index in [0.29, 0.717) is 30.0 Å². The fraction of sp³-hybridized carbons (Fsp3) is 0.267. The van der Waals surface area contributed by atoms with Crippen LogP contribution in [0.2, 0.25) is 5.02 Å². The molecule has 0 spiro atoms. The van der Waals surface area contributed by atoms with Crippen molar-refractivity contribution in [2.75, 3.05) is 25.6 Å². The lowest BCUT2D eigenvalue weighted by Crippen LogP contribution is -2.22. The minimum Gasteiger partial charge on any atom is -0.483 e. The number of hydrogen-bond acceptors (Lipinski definition) is 7. The molecule has 8 nitrogen and oxygen atoms in total. The number of aryl methyl sites for hydroxylation is 1. The number of carbonyl (C=O) groups is 3. The molecule has 0 radical (unpaired) electrons. The molecule has 13 heteroatoms. The first-order valence-corrected chi connectivity index (χ1v) is 13.9. The lowest BCUT2D eigenvalue weighted by Gasteiger charge is -2.17. The number of nitrogens with one attached hydrogen (secondary N) is 1. The molecular weight excluding hydrogens is 607 g/mol. The fourth-order valence-electron chi connectivity index (χ4n) is 3.63. The smallest absolute Gasteiger partial charge is 0.419 e. The summed E-state index contributed by atoms with van der Waals surface area (Å²) in [6.45, 7) is 5.40. The summed E-state index contributed by atoms with van der Waals surface area (Å²) in [6, 6.07) is 13.0. The summed E-state index contributed by atoms with van der Waals surface area (Å²) in [6.07, 6.45) is -5.26. The SMILES string of the molecule is Cc1cc(SN(C)C(=O)OCC(C)C)ccc1NC(=O)COc1ccc(Cl)cc1C(=O)c1cc(C#N)cc(C(F)(F)F)c1. The molecule has 2 amide bonds. The molecule has 0 saturated carbocycles. The Kier molecular flexibility index (Phi) is 11.1. The Labute approximate surface area is 255 Å². The van der Waals surface area contributed by atoms with Gasteiger partial charge in [0.2, 0.25) is 0 Å². The van der Waals surface area contributed by atoms with Crippen LogP contribution in [0.25, 0.3) is 0 Å². The van der Waals surface area contributed by atoms with Crippen LogP contribution in [0.4, 0.5) is 23.7 Å². The normalized spacial score (nSPS) is 11.1. The summed E-state index contributed by atoms with van der Waals surface area (Å²) >= 11 is 7.20. The van der Waals surface area contributed by atoms with Gasteiger partial charge in [0.1, 0.15) is 5.75 Å². The number of ether oxygens (including phenoxy) is 2. The van der Waals surface area contributed by atoms with Crippen LogP contribution < -0.4 is 10.1 Å². The molecule has 3 aromatic carbocycles. The molecule has 0 aliphatic rings. The topological polar surface area (TPSA) is 109 Å². The van der Waals surface area contributed by atoms with Crippen molar-refractivity contribution in [1.82, 2.24) is 4.31 Å². The van der Waals surface area contributed by atoms with E-state index in [-0.39, 0.29) is 27.8 Å². The number of halogens is 4. The molecule has 43 heavy (non-hydrogen) atoms. The summed E-state index contributed by atoms with van der Waals surface area (Å²) in [5.41, 5.74) is -0.908. The Hall–Kier alpha value is -4.21. The molecule has 0 unspecified atom stereocenters. The number of carbonyl (C=O) groups excluding carboxylic acids is 3. The number of rotatable bonds is 10. The van der Waals surface area contributed by atoms with E-state index < -0.39 is 41.7 Å². The highest BCUT2D eigenvalue weighted by molar-refractivity contribution is 7.97. The van der Waals surface area contributed by atoms with Crippen LogP contribution in [-0.2, 0) is 15.7 Å². The van der Waals surface area contributed by atoms with Gasteiger partial charge in [-0.05, 0) is 85.0 Å². The highest BCUT2D eigenvalue weighted by Gasteiger charge is 2.32. The number of hydrogen-bond donors (Lipinski definition) is 1. The second kappa shape index (κ2) is 14.3. The van der Waals surface area contributed by atoms with Gasteiger partial charge in [-0.3, -0.25) is 13.9 Å². The minimum absolute atomic E-state index is 0.0867. The minimum atomic E-state index is -4.78. The van der Waals surface area contributed by atoms with Crippen molar-refractivity contribution in [3.05, 3.63) is 87.4 Å². The van der Waals surface area contributed by atoms with E-state index in [2.05, 4.69) is 5.32 Å². The lowest BCUT2D eigenvalue weighted by atomic mass is 9.98. The van der Waals surface area contributed by atoms with Gasteiger partial charge in [0.25, 0.3) is 5.91 Å². The van der Waals surface area contributed by atoms with Crippen molar-refractivity contribution in [1.29, 1.82) is 5.26 Å². The third-order valence-corrected chi connectivity index (χ3v) is 6.83. The average Bonchev–Trinajstić information content (AvgIpc) is 2.95. The van der Waals surface area contributed by atoms with Crippen LogP contribution in [0, 0.1) is 24.2 Å². The molecule has 0 aliphatic heterocycles. The van der Waals surface area contributed by atoms with Crippen molar-refractivity contribution in [3.8, 4) is 11.8 Å². The molecule has 0 aromatic heterocycles. The largest absolute Gasteiger partial charge is 0.483 e. The van der Waals surface area contributed by atoms with Crippen molar-refractivity contribution in [2.45, 2.75) is 31.8 Å². The average molecular weight is 634 g/mol. The number of anilines is 1. The Morgan fingerprint density at radius 2 is 1.81 bits per heavy atom. The van der Waals surface area contributed by atoms with E-state index in [9.17, 15) is 27.6 Å². The van der Waals surface area contributed by atoms with E-state index in [4.69, 9.17) is 26.3 Å². The van der Waals surface area contributed by atoms with Gasteiger partial charge in [0.05, 0.1) is 29.4 Å². The molecule has 0 atom stereocenters. The van der Waals surface area contributed by atoms with Gasteiger partial charge in [-0.1, -0.05) is 25.4 Å².